The molecular formula is C15H19NO2S. The van der Waals surface area contributed by atoms with E-state index in [2.05, 4.69) is 17.5 Å². The summed E-state index contributed by atoms with van der Waals surface area (Å²) in [5, 5.41) is 12.4. The predicted octanol–water partition coefficient (Wildman–Crippen LogP) is 3.59. The second-order valence-corrected chi connectivity index (χ2v) is 6.59. The molecule has 0 amide bonds. The lowest BCUT2D eigenvalue weighted by atomic mass is 10.0. The van der Waals surface area contributed by atoms with Crippen molar-refractivity contribution in [1.29, 1.82) is 0 Å². The predicted molar refractivity (Wildman–Crippen MR) is 79.6 cm³/mol. The number of thiophene rings is 1. The molecule has 1 aromatic carbocycles. The summed E-state index contributed by atoms with van der Waals surface area (Å²) in [5.41, 5.74) is 1.04. The zero-order chi connectivity index (χ0) is 14.0. The third kappa shape index (κ3) is 3.33. The van der Waals surface area contributed by atoms with E-state index in [1.165, 1.54) is 15.6 Å². The van der Waals surface area contributed by atoms with Crippen molar-refractivity contribution in [2.75, 3.05) is 6.54 Å². The fourth-order valence-electron chi connectivity index (χ4n) is 2.05. The smallest absolute Gasteiger partial charge is 0.317 e. The van der Waals surface area contributed by atoms with Crippen LogP contribution in [0.25, 0.3) is 10.1 Å². The lowest BCUT2D eigenvalue weighted by Crippen LogP contribution is -2.43. The van der Waals surface area contributed by atoms with Crippen LogP contribution < -0.4 is 0 Å². The molecule has 0 aliphatic rings. The maximum atomic E-state index is 11.0. The van der Waals surface area contributed by atoms with Gasteiger partial charge in [0.1, 0.15) is 0 Å². The summed E-state index contributed by atoms with van der Waals surface area (Å²) in [5.74, 6) is -0.783. The van der Waals surface area contributed by atoms with Crippen molar-refractivity contribution in [3.8, 4) is 0 Å². The first kappa shape index (κ1) is 14.0. The first-order chi connectivity index (χ1) is 8.88. The first-order valence-corrected chi connectivity index (χ1v) is 7.18. The molecule has 19 heavy (non-hydrogen) atoms. The number of hydrogen-bond donors (Lipinski definition) is 1. The lowest BCUT2D eigenvalue weighted by molar-refractivity contribution is -0.139. The minimum atomic E-state index is -0.783. The van der Waals surface area contributed by atoms with Gasteiger partial charge in [-0.25, -0.2) is 0 Å². The van der Waals surface area contributed by atoms with Crippen molar-refractivity contribution in [2.45, 2.75) is 32.9 Å². The van der Waals surface area contributed by atoms with Gasteiger partial charge in [0.2, 0.25) is 0 Å². The third-order valence-corrected chi connectivity index (χ3v) is 4.21. The molecule has 102 valence electrons. The van der Waals surface area contributed by atoms with E-state index in [1.54, 1.807) is 11.3 Å². The second-order valence-electron chi connectivity index (χ2n) is 5.68. The van der Waals surface area contributed by atoms with Gasteiger partial charge in [-0.15, -0.1) is 11.3 Å². The van der Waals surface area contributed by atoms with E-state index in [-0.39, 0.29) is 12.1 Å². The highest BCUT2D eigenvalue weighted by atomic mass is 32.1. The van der Waals surface area contributed by atoms with Crippen LogP contribution in [-0.4, -0.2) is 28.1 Å². The summed E-state index contributed by atoms with van der Waals surface area (Å²) in [6.45, 7) is 6.87. The molecule has 0 aliphatic heterocycles. The SMILES string of the molecule is CC(C)(C)N(CC(=O)O)Cc1csc2ccccc12. The number of benzene rings is 1. The summed E-state index contributed by atoms with van der Waals surface area (Å²) in [6, 6.07) is 8.25. The Kier molecular flexibility index (Phi) is 3.92. The summed E-state index contributed by atoms with van der Waals surface area (Å²) in [4.78, 5) is 13.0. The van der Waals surface area contributed by atoms with Crippen LogP contribution in [0.4, 0.5) is 0 Å². The molecule has 0 spiro atoms. The van der Waals surface area contributed by atoms with E-state index >= 15 is 0 Å². The van der Waals surface area contributed by atoms with E-state index in [0.29, 0.717) is 6.54 Å². The second kappa shape index (κ2) is 5.31. The molecule has 3 nitrogen and oxygen atoms in total. The molecular weight excluding hydrogens is 258 g/mol. The molecule has 2 aromatic rings. The average Bonchev–Trinajstić information content (AvgIpc) is 2.70. The standard InChI is InChI=1S/C15H19NO2S/c1-15(2,3)16(9-14(17)18)8-11-10-19-13-7-5-4-6-12(11)13/h4-7,10H,8-9H2,1-3H3,(H,17,18). The largest absolute Gasteiger partial charge is 0.480 e. The summed E-state index contributed by atoms with van der Waals surface area (Å²) in [6.07, 6.45) is 0. The van der Waals surface area contributed by atoms with Gasteiger partial charge in [-0.3, -0.25) is 9.69 Å². The number of hydrogen-bond acceptors (Lipinski definition) is 3. The quantitative estimate of drug-likeness (QED) is 0.928. The number of carbonyl (C=O) groups is 1. The summed E-state index contributed by atoms with van der Waals surface area (Å²) >= 11 is 1.71. The Morgan fingerprint density at radius 2 is 2.00 bits per heavy atom. The van der Waals surface area contributed by atoms with Crippen LogP contribution in [0.3, 0.4) is 0 Å². The van der Waals surface area contributed by atoms with E-state index in [0.717, 1.165) is 0 Å². The van der Waals surface area contributed by atoms with Gasteiger partial charge in [-0.1, -0.05) is 18.2 Å². The number of fused-ring (bicyclic) bond motifs is 1. The van der Waals surface area contributed by atoms with E-state index in [1.807, 2.05) is 37.8 Å². The monoisotopic (exact) mass is 277 g/mol. The number of carboxylic acids is 1. The Labute approximate surface area is 117 Å². The first-order valence-electron chi connectivity index (χ1n) is 6.30. The molecule has 0 bridgehead atoms. The maximum absolute atomic E-state index is 11.0. The average molecular weight is 277 g/mol. The molecule has 1 N–H and O–H groups in total. The van der Waals surface area contributed by atoms with Crippen molar-refractivity contribution in [2.24, 2.45) is 0 Å². The van der Waals surface area contributed by atoms with Crippen molar-refractivity contribution in [3.05, 3.63) is 35.2 Å². The molecule has 0 atom stereocenters. The highest BCUT2D eigenvalue weighted by molar-refractivity contribution is 7.17. The van der Waals surface area contributed by atoms with Crippen LogP contribution in [0.5, 0.6) is 0 Å². The summed E-state index contributed by atoms with van der Waals surface area (Å²) in [7, 11) is 0. The Hall–Kier alpha value is -1.39. The maximum Gasteiger partial charge on any atom is 0.317 e. The number of carboxylic acid groups (broad SMARTS) is 1. The normalized spacial score (nSPS) is 12.2. The topological polar surface area (TPSA) is 40.5 Å². The minimum Gasteiger partial charge on any atom is -0.480 e. The number of nitrogens with zero attached hydrogens (tertiary/aromatic N) is 1. The fraction of sp³-hybridized carbons (Fsp3) is 0.400. The van der Waals surface area contributed by atoms with Crippen LogP contribution in [-0.2, 0) is 11.3 Å². The lowest BCUT2D eigenvalue weighted by Gasteiger charge is -2.34. The van der Waals surface area contributed by atoms with Crippen LogP contribution in [0, 0.1) is 0 Å². The van der Waals surface area contributed by atoms with Crippen molar-refractivity contribution < 1.29 is 9.90 Å². The number of aliphatic carboxylic acids is 1. The van der Waals surface area contributed by atoms with Crippen LogP contribution in [0.15, 0.2) is 29.6 Å². The molecule has 2 rings (SSSR count). The summed E-state index contributed by atoms with van der Waals surface area (Å²) < 4.78 is 1.25. The molecule has 0 unspecified atom stereocenters. The molecule has 0 saturated heterocycles. The molecule has 0 fully saturated rings. The number of rotatable bonds is 4. The van der Waals surface area contributed by atoms with Crippen molar-refractivity contribution in [1.82, 2.24) is 4.90 Å². The molecule has 4 heteroatoms. The van der Waals surface area contributed by atoms with Crippen molar-refractivity contribution >= 4 is 27.4 Å². The Bertz CT molecular complexity index is 583. The van der Waals surface area contributed by atoms with Gasteiger partial charge in [0.15, 0.2) is 0 Å². The zero-order valence-corrected chi connectivity index (χ0v) is 12.3. The highest BCUT2D eigenvalue weighted by Gasteiger charge is 2.24. The van der Waals surface area contributed by atoms with Gasteiger partial charge in [0.05, 0.1) is 6.54 Å². The van der Waals surface area contributed by atoms with E-state index < -0.39 is 5.97 Å². The highest BCUT2D eigenvalue weighted by Crippen LogP contribution is 2.28. The van der Waals surface area contributed by atoms with Crippen LogP contribution >= 0.6 is 11.3 Å². The van der Waals surface area contributed by atoms with Crippen LogP contribution in [0.2, 0.25) is 0 Å². The Morgan fingerprint density at radius 1 is 1.32 bits per heavy atom. The Balaban J connectivity index is 2.28. The van der Waals surface area contributed by atoms with Gasteiger partial charge >= 0.3 is 5.97 Å². The van der Waals surface area contributed by atoms with Gasteiger partial charge in [0.25, 0.3) is 0 Å². The zero-order valence-electron chi connectivity index (χ0n) is 11.5. The van der Waals surface area contributed by atoms with Gasteiger partial charge in [0, 0.05) is 16.8 Å². The Morgan fingerprint density at radius 3 is 2.63 bits per heavy atom. The van der Waals surface area contributed by atoms with E-state index in [4.69, 9.17) is 5.11 Å². The fourth-order valence-corrected chi connectivity index (χ4v) is 3.01. The molecule has 0 saturated carbocycles. The molecule has 0 radical (unpaired) electrons. The van der Waals surface area contributed by atoms with Gasteiger partial charge in [-0.05, 0) is 43.2 Å². The molecule has 0 aliphatic carbocycles. The minimum absolute atomic E-state index is 0.0632. The third-order valence-electron chi connectivity index (χ3n) is 3.20. The van der Waals surface area contributed by atoms with Gasteiger partial charge < -0.3 is 5.11 Å². The van der Waals surface area contributed by atoms with Crippen molar-refractivity contribution in [3.63, 3.8) is 0 Å². The van der Waals surface area contributed by atoms with Gasteiger partial charge in [-0.2, -0.15) is 0 Å². The van der Waals surface area contributed by atoms with Crippen LogP contribution in [0.1, 0.15) is 26.3 Å². The molecule has 1 aromatic heterocycles. The van der Waals surface area contributed by atoms with E-state index in [9.17, 15) is 4.79 Å². The molecule has 1 heterocycles.